The van der Waals surface area contributed by atoms with Crippen LogP contribution in [0.1, 0.15) is 48.1 Å². The SMILES string of the molecule is Cc1cc(C(=O)NN=Cc2cc(C(C)(C)C)ccc2O)n[nH]1. The second kappa shape index (κ2) is 6.01. The predicted molar refractivity (Wildman–Crippen MR) is 85.2 cm³/mol. The molecule has 0 unspecified atom stereocenters. The molecule has 22 heavy (non-hydrogen) atoms. The maximum Gasteiger partial charge on any atom is 0.291 e. The second-order valence-corrected chi connectivity index (χ2v) is 6.16. The number of carbonyl (C=O) groups is 1. The molecule has 0 fully saturated rings. The lowest BCUT2D eigenvalue weighted by Crippen LogP contribution is -2.18. The average molecular weight is 300 g/mol. The van der Waals surface area contributed by atoms with Gasteiger partial charge in [-0.25, -0.2) is 5.43 Å². The van der Waals surface area contributed by atoms with Crippen LogP contribution in [0.3, 0.4) is 0 Å². The minimum atomic E-state index is -0.410. The van der Waals surface area contributed by atoms with E-state index in [4.69, 9.17) is 0 Å². The van der Waals surface area contributed by atoms with Gasteiger partial charge in [-0.2, -0.15) is 10.2 Å². The van der Waals surface area contributed by atoms with Gasteiger partial charge in [-0.15, -0.1) is 0 Å². The zero-order chi connectivity index (χ0) is 16.3. The number of aromatic nitrogens is 2. The molecule has 0 aliphatic heterocycles. The van der Waals surface area contributed by atoms with Crippen molar-refractivity contribution in [3.05, 3.63) is 46.8 Å². The lowest BCUT2D eigenvalue weighted by molar-refractivity contribution is 0.0950. The number of rotatable bonds is 3. The van der Waals surface area contributed by atoms with Crippen molar-refractivity contribution in [2.75, 3.05) is 0 Å². The maximum atomic E-state index is 11.8. The number of aromatic amines is 1. The van der Waals surface area contributed by atoms with Crippen LogP contribution in [0, 0.1) is 6.92 Å². The molecular weight excluding hydrogens is 280 g/mol. The first-order chi connectivity index (χ1) is 10.3. The number of hydrogen-bond donors (Lipinski definition) is 3. The molecule has 2 aromatic rings. The number of carbonyl (C=O) groups excluding carboxylic acids is 1. The highest BCUT2D eigenvalue weighted by Gasteiger charge is 2.15. The van der Waals surface area contributed by atoms with E-state index in [9.17, 15) is 9.90 Å². The van der Waals surface area contributed by atoms with Gasteiger partial charge in [0, 0.05) is 11.3 Å². The maximum absolute atomic E-state index is 11.8. The number of phenols is 1. The van der Waals surface area contributed by atoms with Crippen LogP contribution in [-0.2, 0) is 5.41 Å². The fourth-order valence-electron chi connectivity index (χ4n) is 1.88. The molecule has 1 aromatic carbocycles. The topological polar surface area (TPSA) is 90.4 Å². The van der Waals surface area contributed by atoms with Crippen molar-refractivity contribution >= 4 is 12.1 Å². The van der Waals surface area contributed by atoms with E-state index in [1.165, 1.54) is 6.21 Å². The lowest BCUT2D eigenvalue weighted by Gasteiger charge is -2.19. The van der Waals surface area contributed by atoms with E-state index in [2.05, 4.69) is 41.5 Å². The molecule has 0 radical (unpaired) electrons. The van der Waals surface area contributed by atoms with Crippen molar-refractivity contribution in [2.24, 2.45) is 5.10 Å². The lowest BCUT2D eigenvalue weighted by atomic mass is 9.86. The number of benzene rings is 1. The highest BCUT2D eigenvalue weighted by Crippen LogP contribution is 2.26. The Hall–Kier alpha value is -2.63. The quantitative estimate of drug-likeness (QED) is 0.601. The Morgan fingerprint density at radius 3 is 2.68 bits per heavy atom. The normalized spacial score (nSPS) is 11.8. The van der Waals surface area contributed by atoms with E-state index < -0.39 is 5.91 Å². The van der Waals surface area contributed by atoms with E-state index >= 15 is 0 Å². The third kappa shape index (κ3) is 3.72. The van der Waals surface area contributed by atoms with E-state index in [1.807, 2.05) is 19.1 Å². The minimum Gasteiger partial charge on any atom is -0.507 e. The monoisotopic (exact) mass is 300 g/mol. The number of hydrazone groups is 1. The first-order valence-corrected chi connectivity index (χ1v) is 6.96. The highest BCUT2D eigenvalue weighted by atomic mass is 16.3. The first-order valence-electron chi connectivity index (χ1n) is 6.96. The van der Waals surface area contributed by atoms with Crippen LogP contribution in [0.15, 0.2) is 29.4 Å². The standard InChI is InChI=1S/C16H20N4O2/c1-10-7-13(19-18-10)15(22)20-17-9-11-8-12(16(2,3)4)5-6-14(11)21/h5-9,21H,1-4H3,(H,18,19)(H,20,22). The van der Waals surface area contributed by atoms with Crippen LogP contribution in [0.2, 0.25) is 0 Å². The fraction of sp³-hybridized carbons (Fsp3) is 0.312. The van der Waals surface area contributed by atoms with Crippen molar-refractivity contribution in [2.45, 2.75) is 33.1 Å². The highest BCUT2D eigenvalue weighted by molar-refractivity contribution is 5.93. The van der Waals surface area contributed by atoms with Crippen molar-refractivity contribution in [1.29, 1.82) is 0 Å². The Balaban J connectivity index is 2.11. The Labute approximate surface area is 129 Å². The molecule has 0 atom stereocenters. The van der Waals surface area contributed by atoms with Gasteiger partial charge in [0.05, 0.1) is 6.21 Å². The molecule has 0 spiro atoms. The molecule has 1 heterocycles. The van der Waals surface area contributed by atoms with Crippen LogP contribution in [0.25, 0.3) is 0 Å². The van der Waals surface area contributed by atoms with Gasteiger partial charge in [0.15, 0.2) is 5.69 Å². The van der Waals surface area contributed by atoms with Crippen molar-refractivity contribution in [3.8, 4) is 5.75 Å². The van der Waals surface area contributed by atoms with Gasteiger partial charge in [0.25, 0.3) is 5.91 Å². The molecule has 0 saturated carbocycles. The molecule has 1 aromatic heterocycles. The Morgan fingerprint density at radius 2 is 2.09 bits per heavy atom. The molecular formula is C16H20N4O2. The van der Waals surface area contributed by atoms with Crippen LogP contribution in [0.4, 0.5) is 0 Å². The number of aromatic hydroxyl groups is 1. The van der Waals surface area contributed by atoms with Gasteiger partial charge in [0.1, 0.15) is 5.75 Å². The smallest absolute Gasteiger partial charge is 0.291 e. The van der Waals surface area contributed by atoms with E-state index in [-0.39, 0.29) is 16.9 Å². The van der Waals surface area contributed by atoms with E-state index in [0.29, 0.717) is 5.56 Å². The first kappa shape index (κ1) is 15.8. The number of amides is 1. The summed E-state index contributed by atoms with van der Waals surface area (Å²) in [4.78, 5) is 11.8. The van der Waals surface area contributed by atoms with E-state index in [0.717, 1.165) is 11.3 Å². The zero-order valence-corrected chi connectivity index (χ0v) is 13.1. The van der Waals surface area contributed by atoms with Crippen LogP contribution in [0.5, 0.6) is 5.75 Å². The van der Waals surface area contributed by atoms with Gasteiger partial charge < -0.3 is 5.11 Å². The molecule has 0 bridgehead atoms. The summed E-state index contributed by atoms with van der Waals surface area (Å²) in [6.45, 7) is 8.06. The third-order valence-corrected chi connectivity index (χ3v) is 3.20. The average Bonchev–Trinajstić information content (AvgIpc) is 2.86. The summed E-state index contributed by atoms with van der Waals surface area (Å²) in [5.74, 6) is -0.298. The fourth-order valence-corrected chi connectivity index (χ4v) is 1.88. The molecule has 3 N–H and O–H groups in total. The molecule has 6 nitrogen and oxygen atoms in total. The molecule has 6 heteroatoms. The molecule has 0 aliphatic rings. The van der Waals surface area contributed by atoms with Crippen LogP contribution >= 0.6 is 0 Å². The summed E-state index contributed by atoms with van der Waals surface area (Å²) in [6, 6.07) is 6.98. The third-order valence-electron chi connectivity index (χ3n) is 3.20. The van der Waals surface area contributed by atoms with Gasteiger partial charge in [-0.3, -0.25) is 9.89 Å². The number of H-pyrrole nitrogens is 1. The minimum absolute atomic E-state index is 0.0356. The summed E-state index contributed by atoms with van der Waals surface area (Å²) >= 11 is 0. The molecule has 1 amide bonds. The Morgan fingerprint density at radius 1 is 1.36 bits per heavy atom. The van der Waals surface area contributed by atoms with Gasteiger partial charge in [0.2, 0.25) is 0 Å². The van der Waals surface area contributed by atoms with Crippen molar-refractivity contribution in [1.82, 2.24) is 15.6 Å². The van der Waals surface area contributed by atoms with Gasteiger partial charge in [-0.1, -0.05) is 26.8 Å². The molecule has 2 rings (SSSR count). The summed E-state index contributed by atoms with van der Waals surface area (Å²) in [5.41, 5.74) is 5.03. The molecule has 0 saturated heterocycles. The largest absolute Gasteiger partial charge is 0.507 e. The van der Waals surface area contributed by atoms with Crippen molar-refractivity contribution in [3.63, 3.8) is 0 Å². The van der Waals surface area contributed by atoms with Gasteiger partial charge >= 0.3 is 0 Å². The second-order valence-electron chi connectivity index (χ2n) is 6.16. The summed E-state index contributed by atoms with van der Waals surface area (Å²) in [6.07, 6.45) is 1.42. The number of aryl methyl sites for hydroxylation is 1. The number of phenolic OH excluding ortho intramolecular Hbond substituents is 1. The van der Waals surface area contributed by atoms with Crippen LogP contribution in [-0.4, -0.2) is 27.4 Å². The Bertz CT molecular complexity index is 711. The summed E-state index contributed by atoms with van der Waals surface area (Å²) in [5, 5.41) is 20.3. The number of nitrogens with zero attached hydrogens (tertiary/aromatic N) is 2. The summed E-state index contributed by atoms with van der Waals surface area (Å²) < 4.78 is 0. The predicted octanol–water partition coefficient (Wildman–Crippen LogP) is 2.49. The molecule has 0 aliphatic carbocycles. The number of hydrogen-bond acceptors (Lipinski definition) is 4. The van der Waals surface area contributed by atoms with Crippen molar-refractivity contribution < 1.29 is 9.90 Å². The zero-order valence-electron chi connectivity index (χ0n) is 13.1. The van der Waals surface area contributed by atoms with E-state index in [1.54, 1.807) is 12.1 Å². The molecule has 116 valence electrons. The van der Waals surface area contributed by atoms with Crippen LogP contribution < -0.4 is 5.43 Å². The summed E-state index contributed by atoms with van der Waals surface area (Å²) in [7, 11) is 0. The number of nitrogens with one attached hydrogen (secondary N) is 2. The van der Waals surface area contributed by atoms with Gasteiger partial charge in [-0.05, 0) is 36.1 Å². The Kier molecular flexibility index (Phi) is 4.30.